The van der Waals surface area contributed by atoms with Crippen LogP contribution in [-0.2, 0) is 0 Å². The highest BCUT2D eigenvalue weighted by molar-refractivity contribution is 5.19. The van der Waals surface area contributed by atoms with E-state index in [0.29, 0.717) is 5.56 Å². The minimum absolute atomic E-state index is 0.421. The van der Waals surface area contributed by atoms with Gasteiger partial charge in [0.25, 0.3) is 0 Å². The van der Waals surface area contributed by atoms with Crippen LogP contribution in [0.2, 0.25) is 0 Å². The van der Waals surface area contributed by atoms with Gasteiger partial charge in [-0.3, -0.25) is 0 Å². The number of rotatable bonds is 3. The molecule has 2 unspecified atom stereocenters. The Balaban J connectivity index is 2.65. The van der Waals surface area contributed by atoms with E-state index in [-0.39, 0.29) is 0 Å². The van der Waals surface area contributed by atoms with E-state index in [1.165, 1.54) is 24.3 Å². The number of hydrogen-bond acceptors (Lipinski definition) is 1. The fourth-order valence-electron chi connectivity index (χ4n) is 1.40. The van der Waals surface area contributed by atoms with Gasteiger partial charge in [-0.15, -0.1) is 0 Å². The number of hydrogen-bond donors (Lipinski definition) is 1. The summed E-state index contributed by atoms with van der Waals surface area (Å²) in [6.45, 7) is 1.56. The van der Waals surface area contributed by atoms with E-state index in [1.54, 1.807) is 6.92 Å². The Labute approximate surface area is 90.7 Å². The molecule has 1 nitrogen and oxygen atoms in total. The van der Waals surface area contributed by atoms with Crippen LogP contribution in [0.4, 0.5) is 17.6 Å². The quantitative estimate of drug-likeness (QED) is 0.799. The lowest BCUT2D eigenvalue weighted by Crippen LogP contribution is -2.29. The molecular formula is C11H12F4O. The summed E-state index contributed by atoms with van der Waals surface area (Å²) < 4.78 is 48.8. The lowest BCUT2D eigenvalue weighted by molar-refractivity contribution is -0.206. The van der Waals surface area contributed by atoms with E-state index in [1.807, 2.05) is 0 Å². The zero-order valence-electron chi connectivity index (χ0n) is 8.63. The van der Waals surface area contributed by atoms with Crippen molar-refractivity contribution in [2.24, 2.45) is 0 Å². The van der Waals surface area contributed by atoms with Crippen LogP contribution in [0.5, 0.6) is 0 Å². The maximum absolute atomic E-state index is 12.6. The fraction of sp³-hybridized carbons (Fsp3) is 0.455. The van der Waals surface area contributed by atoms with Crippen LogP contribution in [0.1, 0.15) is 24.8 Å². The fourth-order valence-corrected chi connectivity index (χ4v) is 1.40. The first-order valence-corrected chi connectivity index (χ1v) is 4.81. The molecule has 0 spiro atoms. The van der Waals surface area contributed by atoms with Gasteiger partial charge < -0.3 is 5.11 Å². The zero-order valence-corrected chi connectivity index (χ0v) is 8.63. The smallest absolute Gasteiger partial charge is 0.384 e. The molecule has 0 heterocycles. The molecule has 0 aliphatic rings. The summed E-state index contributed by atoms with van der Waals surface area (Å²) in [5, 5.41) is 8.87. The standard InChI is InChI=1S/C11H12F4O/c1-7(6-10(16)11(13,14)15)8-2-4-9(12)5-3-8/h2-5,7,10,16H,6H2,1H3. The SMILES string of the molecule is CC(CC(O)C(F)(F)F)c1ccc(F)cc1. The molecule has 0 amide bonds. The van der Waals surface area contributed by atoms with Crippen LogP contribution in [0.3, 0.4) is 0 Å². The number of halogens is 4. The molecule has 1 aromatic carbocycles. The second-order valence-electron chi connectivity index (χ2n) is 3.75. The van der Waals surface area contributed by atoms with Gasteiger partial charge in [0, 0.05) is 0 Å². The van der Waals surface area contributed by atoms with Gasteiger partial charge in [0.2, 0.25) is 0 Å². The van der Waals surface area contributed by atoms with Gasteiger partial charge in [-0.25, -0.2) is 4.39 Å². The lowest BCUT2D eigenvalue weighted by Gasteiger charge is -2.19. The highest BCUT2D eigenvalue weighted by Crippen LogP contribution is 2.29. The van der Waals surface area contributed by atoms with Crippen LogP contribution in [0.15, 0.2) is 24.3 Å². The van der Waals surface area contributed by atoms with E-state index in [4.69, 9.17) is 5.11 Å². The number of aliphatic hydroxyl groups is 1. The average Bonchev–Trinajstić information content (AvgIpc) is 2.17. The van der Waals surface area contributed by atoms with E-state index in [9.17, 15) is 17.6 Å². The first-order valence-electron chi connectivity index (χ1n) is 4.81. The Morgan fingerprint density at radius 2 is 1.69 bits per heavy atom. The van der Waals surface area contributed by atoms with Gasteiger partial charge in [0.1, 0.15) is 11.9 Å². The van der Waals surface area contributed by atoms with Crippen molar-refractivity contribution in [3.05, 3.63) is 35.6 Å². The van der Waals surface area contributed by atoms with Gasteiger partial charge >= 0.3 is 6.18 Å². The Hall–Kier alpha value is -1.10. The molecule has 1 aromatic rings. The molecule has 16 heavy (non-hydrogen) atoms. The van der Waals surface area contributed by atoms with Crippen LogP contribution >= 0.6 is 0 Å². The van der Waals surface area contributed by atoms with Gasteiger partial charge in [-0.2, -0.15) is 13.2 Å². The molecule has 1 rings (SSSR count). The van der Waals surface area contributed by atoms with Crippen LogP contribution in [0.25, 0.3) is 0 Å². The van der Waals surface area contributed by atoms with Gasteiger partial charge in [-0.1, -0.05) is 19.1 Å². The summed E-state index contributed by atoms with van der Waals surface area (Å²) in [5.74, 6) is -0.912. The first-order chi connectivity index (χ1) is 7.30. The summed E-state index contributed by atoms with van der Waals surface area (Å²) >= 11 is 0. The highest BCUT2D eigenvalue weighted by Gasteiger charge is 2.38. The number of aliphatic hydroxyl groups excluding tert-OH is 1. The molecule has 0 saturated heterocycles. The van der Waals surface area contributed by atoms with Crippen molar-refractivity contribution in [1.82, 2.24) is 0 Å². The van der Waals surface area contributed by atoms with Crippen molar-refractivity contribution in [2.45, 2.75) is 31.5 Å². The van der Waals surface area contributed by atoms with Crippen molar-refractivity contribution in [3.8, 4) is 0 Å². The second-order valence-corrected chi connectivity index (χ2v) is 3.75. The predicted octanol–water partition coefficient (Wildman–Crippen LogP) is 3.24. The largest absolute Gasteiger partial charge is 0.414 e. The van der Waals surface area contributed by atoms with E-state index in [2.05, 4.69) is 0 Å². The Kier molecular flexibility index (Phi) is 3.91. The third-order valence-electron chi connectivity index (χ3n) is 2.39. The topological polar surface area (TPSA) is 20.2 Å². The highest BCUT2D eigenvalue weighted by atomic mass is 19.4. The lowest BCUT2D eigenvalue weighted by atomic mass is 9.95. The minimum atomic E-state index is -4.60. The molecule has 1 N–H and O–H groups in total. The molecule has 0 saturated carbocycles. The van der Waals surface area contributed by atoms with E-state index in [0.717, 1.165) is 0 Å². The van der Waals surface area contributed by atoms with E-state index < -0.39 is 30.4 Å². The number of benzene rings is 1. The van der Waals surface area contributed by atoms with Gasteiger partial charge in [0.05, 0.1) is 0 Å². The molecule has 2 atom stereocenters. The normalized spacial score (nSPS) is 15.9. The maximum atomic E-state index is 12.6. The summed E-state index contributed by atoms with van der Waals surface area (Å²) in [6.07, 6.45) is -7.36. The Morgan fingerprint density at radius 1 is 1.19 bits per heavy atom. The first kappa shape index (κ1) is 13.0. The maximum Gasteiger partial charge on any atom is 0.414 e. The van der Waals surface area contributed by atoms with Gasteiger partial charge in [-0.05, 0) is 30.0 Å². The predicted molar refractivity (Wildman–Crippen MR) is 51.5 cm³/mol. The molecule has 5 heteroatoms. The minimum Gasteiger partial charge on any atom is -0.384 e. The van der Waals surface area contributed by atoms with Crippen LogP contribution in [-0.4, -0.2) is 17.4 Å². The summed E-state index contributed by atoms with van der Waals surface area (Å²) in [4.78, 5) is 0. The molecule has 0 fully saturated rings. The number of alkyl halides is 3. The average molecular weight is 236 g/mol. The van der Waals surface area contributed by atoms with Crippen molar-refractivity contribution in [1.29, 1.82) is 0 Å². The monoisotopic (exact) mass is 236 g/mol. The van der Waals surface area contributed by atoms with Crippen molar-refractivity contribution in [2.75, 3.05) is 0 Å². The Bertz CT molecular complexity index is 331. The summed E-state index contributed by atoms with van der Waals surface area (Å²) in [7, 11) is 0. The van der Waals surface area contributed by atoms with Crippen molar-refractivity contribution >= 4 is 0 Å². The van der Waals surface area contributed by atoms with E-state index >= 15 is 0 Å². The molecule has 90 valence electrons. The van der Waals surface area contributed by atoms with Crippen LogP contribution < -0.4 is 0 Å². The zero-order chi connectivity index (χ0) is 12.3. The summed E-state index contributed by atoms with van der Waals surface area (Å²) in [6, 6.07) is 5.21. The van der Waals surface area contributed by atoms with Gasteiger partial charge in [0.15, 0.2) is 0 Å². The molecule has 0 bridgehead atoms. The second kappa shape index (κ2) is 4.82. The molecular weight excluding hydrogens is 224 g/mol. The Morgan fingerprint density at radius 3 is 2.12 bits per heavy atom. The third-order valence-corrected chi connectivity index (χ3v) is 2.39. The van der Waals surface area contributed by atoms with Crippen molar-refractivity contribution < 1.29 is 22.7 Å². The molecule has 0 aliphatic carbocycles. The summed E-state index contributed by atoms with van der Waals surface area (Å²) in [5.41, 5.74) is 0.574. The molecule has 0 aliphatic heterocycles. The third kappa shape index (κ3) is 3.48. The van der Waals surface area contributed by atoms with Crippen LogP contribution in [0, 0.1) is 5.82 Å². The molecule has 0 aromatic heterocycles. The van der Waals surface area contributed by atoms with Crippen molar-refractivity contribution in [3.63, 3.8) is 0 Å². The molecule has 0 radical (unpaired) electrons.